The van der Waals surface area contributed by atoms with Crippen molar-refractivity contribution in [3.05, 3.63) is 48.0 Å². The van der Waals surface area contributed by atoms with Crippen molar-refractivity contribution < 1.29 is 0 Å². The van der Waals surface area contributed by atoms with Crippen molar-refractivity contribution >= 4 is 10.8 Å². The van der Waals surface area contributed by atoms with Gasteiger partial charge in [-0.15, -0.1) is 0 Å². The lowest BCUT2D eigenvalue weighted by Crippen LogP contribution is -2.45. The number of hydrogen-bond donors (Lipinski definition) is 4. The van der Waals surface area contributed by atoms with Crippen LogP contribution in [0.25, 0.3) is 10.8 Å². The van der Waals surface area contributed by atoms with E-state index in [-0.39, 0.29) is 0 Å². The smallest absolute Gasteiger partial charge is 0.0214 e. The van der Waals surface area contributed by atoms with E-state index < -0.39 is 0 Å². The molecule has 2 rings (SSSR count). The van der Waals surface area contributed by atoms with Crippen LogP contribution in [0.3, 0.4) is 0 Å². The fraction of sp³-hybridized carbons (Fsp3) is 0.524. The van der Waals surface area contributed by atoms with Crippen LogP contribution in [0, 0.1) is 0 Å². The molecule has 2 aromatic carbocycles. The molecular weight excluding hydrogens is 308 g/mol. The summed E-state index contributed by atoms with van der Waals surface area (Å²) in [4.78, 5) is 0. The van der Waals surface area contributed by atoms with E-state index in [1.54, 1.807) is 0 Å². The number of nitrogens with two attached hydrogens (primary N) is 2. The first-order chi connectivity index (χ1) is 12.3. The van der Waals surface area contributed by atoms with Gasteiger partial charge < -0.3 is 22.1 Å². The van der Waals surface area contributed by atoms with Crippen molar-refractivity contribution in [2.45, 2.75) is 51.2 Å². The van der Waals surface area contributed by atoms with Gasteiger partial charge in [0, 0.05) is 31.7 Å². The molecule has 0 unspecified atom stereocenters. The number of benzene rings is 2. The first-order valence-electron chi connectivity index (χ1n) is 9.62. The molecule has 6 N–H and O–H groups in total. The van der Waals surface area contributed by atoms with E-state index >= 15 is 0 Å². The Hall–Kier alpha value is -1.46. The van der Waals surface area contributed by atoms with Gasteiger partial charge >= 0.3 is 0 Å². The molecule has 0 spiro atoms. The third kappa shape index (κ3) is 6.40. The van der Waals surface area contributed by atoms with Crippen LogP contribution in [0.4, 0.5) is 0 Å². The van der Waals surface area contributed by atoms with Crippen molar-refractivity contribution in [2.24, 2.45) is 11.5 Å². The van der Waals surface area contributed by atoms with Crippen molar-refractivity contribution in [2.75, 3.05) is 19.6 Å². The van der Waals surface area contributed by atoms with Gasteiger partial charge in [0.2, 0.25) is 0 Å². The Morgan fingerprint density at radius 3 is 2.48 bits per heavy atom. The lowest BCUT2D eigenvalue weighted by molar-refractivity contribution is 0.398. The van der Waals surface area contributed by atoms with Crippen LogP contribution >= 0.6 is 0 Å². The Kier molecular flexibility index (Phi) is 8.91. The third-order valence-corrected chi connectivity index (χ3v) is 4.82. The summed E-state index contributed by atoms with van der Waals surface area (Å²) < 4.78 is 0. The maximum atomic E-state index is 5.83. The first-order valence-corrected chi connectivity index (χ1v) is 9.62. The molecule has 0 aromatic heterocycles. The van der Waals surface area contributed by atoms with Crippen molar-refractivity contribution in [3.63, 3.8) is 0 Å². The van der Waals surface area contributed by atoms with Crippen molar-refractivity contribution in [3.8, 4) is 0 Å². The van der Waals surface area contributed by atoms with Gasteiger partial charge in [-0.25, -0.2) is 0 Å². The van der Waals surface area contributed by atoms with Gasteiger partial charge in [-0.05, 0) is 35.7 Å². The van der Waals surface area contributed by atoms with Crippen LogP contribution in [0.15, 0.2) is 42.5 Å². The molecule has 0 radical (unpaired) electrons. The lowest BCUT2D eigenvalue weighted by Gasteiger charge is -2.23. The van der Waals surface area contributed by atoms with Gasteiger partial charge in [0.1, 0.15) is 0 Å². The van der Waals surface area contributed by atoms with Gasteiger partial charge in [-0.3, -0.25) is 0 Å². The molecule has 0 heterocycles. The summed E-state index contributed by atoms with van der Waals surface area (Å²) in [7, 11) is 0. The second-order valence-electron chi connectivity index (χ2n) is 6.78. The molecule has 2 aromatic rings. The molecule has 4 heteroatoms. The van der Waals surface area contributed by atoms with E-state index in [2.05, 4.69) is 60.0 Å². The summed E-state index contributed by atoms with van der Waals surface area (Å²) in [5.74, 6) is 0. The Morgan fingerprint density at radius 1 is 0.920 bits per heavy atom. The Bertz CT molecular complexity index is 608. The average Bonchev–Trinajstić information content (AvgIpc) is 2.66. The van der Waals surface area contributed by atoms with Crippen LogP contribution < -0.4 is 22.1 Å². The molecule has 0 saturated heterocycles. The molecule has 0 bridgehead atoms. The Balaban J connectivity index is 1.96. The fourth-order valence-electron chi connectivity index (χ4n) is 3.24. The predicted molar refractivity (Wildman–Crippen MR) is 109 cm³/mol. The predicted octanol–water partition coefficient (Wildman–Crippen LogP) is 2.75. The molecular formula is C21H34N4. The average molecular weight is 343 g/mol. The maximum Gasteiger partial charge on any atom is 0.0214 e. The second-order valence-corrected chi connectivity index (χ2v) is 6.78. The standard InChI is InChI=1S/C21H34N4/c1-2-3-10-20(16-25-19(14-23)12-13-22)24-15-18-9-6-8-17-7-4-5-11-21(17)18/h4-9,11,19-20,24-25H,2-3,10,12-16,22-23H2,1H3/t19-,20-/m0/s1. The number of unbranched alkanes of at least 4 members (excludes halogenated alkanes) is 1. The van der Waals surface area contributed by atoms with E-state index in [0.717, 1.165) is 19.5 Å². The highest BCUT2D eigenvalue weighted by Crippen LogP contribution is 2.18. The normalized spacial score (nSPS) is 13.9. The minimum Gasteiger partial charge on any atom is -0.330 e. The summed E-state index contributed by atoms with van der Waals surface area (Å²) in [5, 5.41) is 9.97. The topological polar surface area (TPSA) is 76.1 Å². The van der Waals surface area contributed by atoms with E-state index in [4.69, 9.17) is 11.5 Å². The highest BCUT2D eigenvalue weighted by molar-refractivity contribution is 5.85. The second kappa shape index (κ2) is 11.2. The van der Waals surface area contributed by atoms with Crippen LogP contribution in [0.1, 0.15) is 38.2 Å². The van der Waals surface area contributed by atoms with Gasteiger partial charge in [0.25, 0.3) is 0 Å². The van der Waals surface area contributed by atoms with Gasteiger partial charge in [0.15, 0.2) is 0 Å². The number of hydrogen-bond acceptors (Lipinski definition) is 4. The molecule has 0 amide bonds. The van der Waals surface area contributed by atoms with E-state index in [1.807, 2.05) is 0 Å². The minimum atomic E-state index is 0.313. The molecule has 0 aliphatic carbocycles. The molecule has 0 fully saturated rings. The van der Waals surface area contributed by atoms with Gasteiger partial charge in [0.05, 0.1) is 0 Å². The summed E-state index contributed by atoms with van der Waals surface area (Å²) in [6.07, 6.45) is 4.56. The zero-order valence-electron chi connectivity index (χ0n) is 15.5. The molecule has 0 aliphatic heterocycles. The molecule has 0 aliphatic rings. The summed E-state index contributed by atoms with van der Waals surface area (Å²) in [6.45, 7) is 5.39. The van der Waals surface area contributed by atoms with Gasteiger partial charge in [-0.2, -0.15) is 0 Å². The largest absolute Gasteiger partial charge is 0.330 e. The molecule has 25 heavy (non-hydrogen) atoms. The molecule has 0 saturated carbocycles. The number of fused-ring (bicyclic) bond motifs is 1. The van der Waals surface area contributed by atoms with Crippen LogP contribution in [0.2, 0.25) is 0 Å². The summed E-state index contributed by atoms with van der Waals surface area (Å²) in [6, 6.07) is 15.9. The summed E-state index contributed by atoms with van der Waals surface area (Å²) in [5.41, 5.74) is 12.9. The third-order valence-electron chi connectivity index (χ3n) is 4.82. The van der Waals surface area contributed by atoms with E-state index in [1.165, 1.54) is 35.6 Å². The van der Waals surface area contributed by atoms with Crippen LogP contribution in [-0.4, -0.2) is 31.7 Å². The monoisotopic (exact) mass is 342 g/mol. The molecule has 138 valence electrons. The Labute approximate surface area is 152 Å². The summed E-state index contributed by atoms with van der Waals surface area (Å²) >= 11 is 0. The SMILES string of the molecule is CCCC[C@@H](CN[C@H](CN)CCN)NCc1cccc2ccccc12. The molecule has 2 atom stereocenters. The molecule has 4 nitrogen and oxygen atoms in total. The van der Waals surface area contributed by atoms with Crippen LogP contribution in [-0.2, 0) is 6.54 Å². The minimum absolute atomic E-state index is 0.313. The van der Waals surface area contributed by atoms with Gasteiger partial charge in [-0.1, -0.05) is 62.2 Å². The number of nitrogens with one attached hydrogen (secondary N) is 2. The Morgan fingerprint density at radius 2 is 1.72 bits per heavy atom. The van der Waals surface area contributed by atoms with E-state index in [0.29, 0.717) is 25.2 Å². The highest BCUT2D eigenvalue weighted by Gasteiger charge is 2.12. The quantitative estimate of drug-likeness (QED) is 0.478. The zero-order chi connectivity index (χ0) is 17.9. The fourth-order valence-corrected chi connectivity index (χ4v) is 3.24. The first kappa shape index (κ1) is 19.9. The highest BCUT2D eigenvalue weighted by atomic mass is 15.0. The number of rotatable bonds is 12. The zero-order valence-corrected chi connectivity index (χ0v) is 15.5. The maximum absolute atomic E-state index is 5.83. The van der Waals surface area contributed by atoms with Crippen molar-refractivity contribution in [1.29, 1.82) is 0 Å². The lowest BCUT2D eigenvalue weighted by atomic mass is 10.0. The van der Waals surface area contributed by atoms with E-state index in [9.17, 15) is 0 Å². The van der Waals surface area contributed by atoms with Crippen molar-refractivity contribution in [1.82, 2.24) is 10.6 Å². The van der Waals surface area contributed by atoms with Crippen LogP contribution in [0.5, 0.6) is 0 Å².